The lowest BCUT2D eigenvalue weighted by atomic mass is 10.2. The van der Waals surface area contributed by atoms with E-state index in [1.54, 1.807) is 0 Å². The van der Waals surface area contributed by atoms with E-state index in [0.29, 0.717) is 0 Å². The number of rotatable bonds is 7. The predicted molar refractivity (Wildman–Crippen MR) is 76.8 cm³/mol. The SMILES string of the molecule is CCCCN(C)c1nc(CCC)nc(NN)c1C. The minimum atomic E-state index is 0.729. The summed E-state index contributed by atoms with van der Waals surface area (Å²) in [5.74, 6) is 8.09. The summed E-state index contributed by atoms with van der Waals surface area (Å²) in [7, 11) is 2.07. The summed E-state index contributed by atoms with van der Waals surface area (Å²) in [5.41, 5.74) is 3.68. The second-order valence-corrected chi connectivity index (χ2v) is 4.61. The lowest BCUT2D eigenvalue weighted by molar-refractivity contribution is 0.746. The van der Waals surface area contributed by atoms with E-state index in [0.717, 1.165) is 48.8 Å². The molecule has 0 saturated heterocycles. The van der Waals surface area contributed by atoms with Gasteiger partial charge < -0.3 is 10.3 Å². The molecular formula is C13H25N5. The number of anilines is 2. The molecule has 0 spiro atoms. The molecule has 0 fully saturated rings. The Kier molecular flexibility index (Phi) is 5.85. The molecule has 0 aromatic carbocycles. The van der Waals surface area contributed by atoms with Gasteiger partial charge in [-0.2, -0.15) is 0 Å². The van der Waals surface area contributed by atoms with Crippen LogP contribution in [0.2, 0.25) is 0 Å². The van der Waals surface area contributed by atoms with Crippen LogP contribution in [0.3, 0.4) is 0 Å². The van der Waals surface area contributed by atoms with Crippen LogP contribution in [0.15, 0.2) is 0 Å². The van der Waals surface area contributed by atoms with E-state index in [1.165, 1.54) is 6.42 Å². The Morgan fingerprint density at radius 2 is 1.94 bits per heavy atom. The van der Waals surface area contributed by atoms with Gasteiger partial charge in [-0.1, -0.05) is 20.3 Å². The number of nitrogens with two attached hydrogens (primary N) is 1. The molecule has 0 atom stereocenters. The van der Waals surface area contributed by atoms with Crippen molar-refractivity contribution in [2.45, 2.75) is 46.5 Å². The predicted octanol–water partition coefficient (Wildman–Crippen LogP) is 2.26. The average molecular weight is 251 g/mol. The molecule has 0 aliphatic rings. The first kappa shape index (κ1) is 14.7. The fraction of sp³-hybridized carbons (Fsp3) is 0.692. The van der Waals surface area contributed by atoms with Gasteiger partial charge in [-0.05, 0) is 19.8 Å². The van der Waals surface area contributed by atoms with Crippen LogP contribution in [-0.2, 0) is 6.42 Å². The number of unbranched alkanes of at least 4 members (excludes halogenated alkanes) is 1. The highest BCUT2D eigenvalue weighted by Gasteiger charge is 2.13. The summed E-state index contributed by atoms with van der Waals surface area (Å²) in [6.45, 7) is 7.32. The van der Waals surface area contributed by atoms with Crippen molar-refractivity contribution in [1.82, 2.24) is 9.97 Å². The molecule has 0 amide bonds. The minimum absolute atomic E-state index is 0.729. The Morgan fingerprint density at radius 3 is 2.50 bits per heavy atom. The number of hydrogen-bond donors (Lipinski definition) is 2. The molecule has 5 heteroatoms. The van der Waals surface area contributed by atoms with Crippen molar-refractivity contribution in [1.29, 1.82) is 0 Å². The van der Waals surface area contributed by atoms with Crippen molar-refractivity contribution in [3.63, 3.8) is 0 Å². The fourth-order valence-electron chi connectivity index (χ4n) is 1.90. The second-order valence-electron chi connectivity index (χ2n) is 4.61. The van der Waals surface area contributed by atoms with Crippen LogP contribution < -0.4 is 16.2 Å². The molecule has 0 unspecified atom stereocenters. The van der Waals surface area contributed by atoms with Gasteiger partial charge in [-0.25, -0.2) is 15.8 Å². The van der Waals surface area contributed by atoms with E-state index in [1.807, 2.05) is 6.92 Å². The third-order valence-corrected chi connectivity index (χ3v) is 2.99. The standard InChI is InChI=1S/C13H25N5/c1-5-7-9-18(4)13-10(3)12(17-14)15-11(16-13)8-6-2/h5-9,14H2,1-4H3,(H,15,16,17). The van der Waals surface area contributed by atoms with Crippen molar-refractivity contribution in [3.05, 3.63) is 11.4 Å². The quantitative estimate of drug-likeness (QED) is 0.575. The monoisotopic (exact) mass is 251 g/mol. The first-order valence-electron chi connectivity index (χ1n) is 6.69. The minimum Gasteiger partial charge on any atom is -0.359 e. The van der Waals surface area contributed by atoms with Crippen LogP contribution in [0.5, 0.6) is 0 Å². The van der Waals surface area contributed by atoms with Gasteiger partial charge in [0.15, 0.2) is 0 Å². The van der Waals surface area contributed by atoms with Gasteiger partial charge in [0.05, 0.1) is 0 Å². The van der Waals surface area contributed by atoms with Crippen LogP contribution in [0.4, 0.5) is 11.6 Å². The number of hydrogen-bond acceptors (Lipinski definition) is 5. The van der Waals surface area contributed by atoms with Crippen LogP contribution in [0.1, 0.15) is 44.5 Å². The van der Waals surface area contributed by atoms with Crippen LogP contribution >= 0.6 is 0 Å². The molecule has 1 rings (SSSR count). The number of hydrazine groups is 1. The third kappa shape index (κ3) is 3.57. The third-order valence-electron chi connectivity index (χ3n) is 2.99. The number of nitrogen functional groups attached to an aromatic ring is 1. The van der Waals surface area contributed by atoms with E-state index in [2.05, 4.69) is 41.2 Å². The van der Waals surface area contributed by atoms with Crippen molar-refractivity contribution >= 4 is 11.6 Å². The maximum absolute atomic E-state index is 5.53. The zero-order chi connectivity index (χ0) is 13.5. The number of aromatic nitrogens is 2. The lowest BCUT2D eigenvalue weighted by Crippen LogP contribution is -2.23. The average Bonchev–Trinajstić information content (AvgIpc) is 2.38. The number of aryl methyl sites for hydroxylation is 1. The molecule has 102 valence electrons. The first-order valence-corrected chi connectivity index (χ1v) is 6.69. The summed E-state index contributed by atoms with van der Waals surface area (Å²) in [5, 5.41) is 0. The molecule has 5 nitrogen and oxygen atoms in total. The van der Waals surface area contributed by atoms with E-state index in [4.69, 9.17) is 5.84 Å². The number of nitrogens with one attached hydrogen (secondary N) is 1. The molecule has 0 saturated carbocycles. The van der Waals surface area contributed by atoms with Crippen molar-refractivity contribution in [2.24, 2.45) is 5.84 Å². The van der Waals surface area contributed by atoms with Gasteiger partial charge >= 0.3 is 0 Å². The highest BCUT2D eigenvalue weighted by atomic mass is 15.3. The topological polar surface area (TPSA) is 67.1 Å². The molecule has 0 bridgehead atoms. The summed E-state index contributed by atoms with van der Waals surface area (Å²) in [6.07, 6.45) is 4.25. The smallest absolute Gasteiger partial charge is 0.148 e. The Balaban J connectivity index is 3.03. The van der Waals surface area contributed by atoms with Crippen molar-refractivity contribution < 1.29 is 0 Å². The molecule has 3 N–H and O–H groups in total. The van der Waals surface area contributed by atoms with E-state index < -0.39 is 0 Å². The normalized spacial score (nSPS) is 10.5. The highest BCUT2D eigenvalue weighted by Crippen LogP contribution is 2.22. The summed E-state index contributed by atoms with van der Waals surface area (Å²) >= 11 is 0. The zero-order valence-corrected chi connectivity index (χ0v) is 12.0. The Morgan fingerprint density at radius 1 is 1.22 bits per heavy atom. The Hall–Kier alpha value is -1.36. The molecule has 0 radical (unpaired) electrons. The van der Waals surface area contributed by atoms with Gasteiger partial charge in [0.25, 0.3) is 0 Å². The van der Waals surface area contributed by atoms with E-state index >= 15 is 0 Å². The van der Waals surface area contributed by atoms with Gasteiger partial charge in [0.1, 0.15) is 17.5 Å². The van der Waals surface area contributed by atoms with Crippen molar-refractivity contribution in [3.8, 4) is 0 Å². The van der Waals surface area contributed by atoms with Crippen LogP contribution in [0, 0.1) is 6.92 Å². The highest BCUT2D eigenvalue weighted by molar-refractivity contribution is 5.57. The number of nitrogens with zero attached hydrogens (tertiary/aromatic N) is 3. The molecule has 0 aliphatic heterocycles. The van der Waals surface area contributed by atoms with Crippen LogP contribution in [0.25, 0.3) is 0 Å². The van der Waals surface area contributed by atoms with Crippen LogP contribution in [-0.4, -0.2) is 23.6 Å². The maximum Gasteiger partial charge on any atom is 0.148 e. The fourth-order valence-corrected chi connectivity index (χ4v) is 1.90. The van der Waals surface area contributed by atoms with Crippen molar-refractivity contribution in [2.75, 3.05) is 23.9 Å². The second kappa shape index (κ2) is 7.16. The largest absolute Gasteiger partial charge is 0.359 e. The Bertz CT molecular complexity index is 378. The molecule has 1 aromatic rings. The lowest BCUT2D eigenvalue weighted by Gasteiger charge is -2.21. The molecule has 18 heavy (non-hydrogen) atoms. The molecule has 1 aromatic heterocycles. The first-order chi connectivity index (χ1) is 8.63. The molecular weight excluding hydrogens is 226 g/mol. The molecule has 1 heterocycles. The van der Waals surface area contributed by atoms with Gasteiger partial charge in [-0.3, -0.25) is 0 Å². The summed E-state index contributed by atoms with van der Waals surface area (Å²) in [6, 6.07) is 0. The van der Waals surface area contributed by atoms with Gasteiger partial charge in [0, 0.05) is 25.6 Å². The van der Waals surface area contributed by atoms with E-state index in [-0.39, 0.29) is 0 Å². The van der Waals surface area contributed by atoms with Gasteiger partial charge in [0.2, 0.25) is 0 Å². The Labute approximate surface area is 110 Å². The van der Waals surface area contributed by atoms with Gasteiger partial charge in [-0.15, -0.1) is 0 Å². The summed E-state index contributed by atoms with van der Waals surface area (Å²) in [4.78, 5) is 11.3. The summed E-state index contributed by atoms with van der Waals surface area (Å²) < 4.78 is 0. The van der Waals surface area contributed by atoms with E-state index in [9.17, 15) is 0 Å². The zero-order valence-electron chi connectivity index (χ0n) is 12.0. The maximum atomic E-state index is 5.53. The molecule has 0 aliphatic carbocycles.